The summed E-state index contributed by atoms with van der Waals surface area (Å²) < 4.78 is 27.1. The van der Waals surface area contributed by atoms with E-state index in [-0.39, 0.29) is 22.9 Å². The number of aromatic nitrogens is 1. The van der Waals surface area contributed by atoms with Crippen LogP contribution >= 0.6 is 0 Å². The van der Waals surface area contributed by atoms with E-state index in [1.807, 2.05) is 25.1 Å². The van der Waals surface area contributed by atoms with Gasteiger partial charge in [-0.1, -0.05) is 41.6 Å². The summed E-state index contributed by atoms with van der Waals surface area (Å²) in [6.45, 7) is 3.87. The maximum atomic E-state index is 13.7. The van der Waals surface area contributed by atoms with Crippen LogP contribution < -0.4 is 24.8 Å². The van der Waals surface area contributed by atoms with E-state index in [4.69, 9.17) is 23.2 Å². The Labute approximate surface area is 265 Å². The zero-order chi connectivity index (χ0) is 32.8. The molecule has 0 aliphatic heterocycles. The number of benzene rings is 3. The standard InChI is InChI=1S/C35H33N3O8/c1-20(17-30(39)36-16-15-22-9-14-27(42-3)29(18-22)44-5)23-10-12-24(13-11-23)32(40)34-31(38-35(41)26-19-37-46-21(26)2)25-7-6-8-28(43-4)33(25)45-34/h6-14,17-19H,15-16H2,1-5H3,(H,36,39)(H,38,41)/b20-17+. The third-order valence-electron chi connectivity index (χ3n) is 7.45. The molecule has 3 aromatic carbocycles. The Morgan fingerprint density at radius 2 is 1.61 bits per heavy atom. The molecule has 236 valence electrons. The van der Waals surface area contributed by atoms with Gasteiger partial charge in [0.15, 0.2) is 28.6 Å². The first-order valence-corrected chi connectivity index (χ1v) is 14.4. The van der Waals surface area contributed by atoms with Crippen molar-refractivity contribution in [1.82, 2.24) is 10.5 Å². The Kier molecular flexibility index (Phi) is 9.51. The second kappa shape index (κ2) is 13.9. The van der Waals surface area contributed by atoms with E-state index < -0.39 is 11.7 Å². The maximum absolute atomic E-state index is 13.7. The zero-order valence-electron chi connectivity index (χ0n) is 26.1. The number of carbonyl (C=O) groups excluding carboxylic acids is 3. The summed E-state index contributed by atoms with van der Waals surface area (Å²) in [5, 5.41) is 9.85. The highest BCUT2D eigenvalue weighted by atomic mass is 16.5. The summed E-state index contributed by atoms with van der Waals surface area (Å²) in [4.78, 5) is 39.4. The molecular formula is C35H33N3O8. The van der Waals surface area contributed by atoms with E-state index in [0.29, 0.717) is 58.1 Å². The van der Waals surface area contributed by atoms with Gasteiger partial charge in [-0.05, 0) is 61.2 Å². The minimum absolute atomic E-state index is 0.0594. The number of furan rings is 1. The zero-order valence-corrected chi connectivity index (χ0v) is 26.1. The van der Waals surface area contributed by atoms with Crippen molar-refractivity contribution in [3.63, 3.8) is 0 Å². The van der Waals surface area contributed by atoms with Crippen LogP contribution in [0, 0.1) is 6.92 Å². The number of amides is 2. The monoisotopic (exact) mass is 623 g/mol. The summed E-state index contributed by atoms with van der Waals surface area (Å²) in [5.74, 6) is 0.770. The van der Waals surface area contributed by atoms with Gasteiger partial charge in [0.2, 0.25) is 11.7 Å². The highest BCUT2D eigenvalue weighted by molar-refractivity contribution is 6.19. The van der Waals surface area contributed by atoms with Crippen LogP contribution in [0.3, 0.4) is 0 Å². The first kappa shape index (κ1) is 31.6. The molecule has 2 amide bonds. The number of aryl methyl sites for hydroxylation is 1. The van der Waals surface area contributed by atoms with Gasteiger partial charge in [0, 0.05) is 23.6 Å². The first-order valence-electron chi connectivity index (χ1n) is 14.4. The van der Waals surface area contributed by atoms with Crippen LogP contribution in [-0.4, -0.2) is 50.6 Å². The average molecular weight is 624 g/mol. The second-order valence-electron chi connectivity index (χ2n) is 10.4. The SMILES string of the molecule is COc1ccc(CCNC(=O)/C=C(\C)c2ccc(C(=O)c3oc4c(OC)cccc4c3NC(=O)c3cnoc3C)cc2)cc1OC. The van der Waals surface area contributed by atoms with Gasteiger partial charge in [-0.25, -0.2) is 0 Å². The summed E-state index contributed by atoms with van der Waals surface area (Å²) in [6, 6.07) is 17.6. The smallest absolute Gasteiger partial charge is 0.261 e. The van der Waals surface area contributed by atoms with Crippen LogP contribution in [-0.2, 0) is 11.2 Å². The van der Waals surface area contributed by atoms with E-state index in [2.05, 4.69) is 15.8 Å². The molecule has 2 N–H and O–H groups in total. The predicted octanol–water partition coefficient (Wildman–Crippen LogP) is 6.00. The van der Waals surface area contributed by atoms with Crippen LogP contribution in [0.2, 0.25) is 0 Å². The number of para-hydroxylation sites is 1. The van der Waals surface area contributed by atoms with E-state index in [1.165, 1.54) is 19.4 Å². The number of anilines is 1. The largest absolute Gasteiger partial charge is 0.493 e. The van der Waals surface area contributed by atoms with E-state index in [9.17, 15) is 14.4 Å². The molecule has 0 atom stereocenters. The molecule has 5 aromatic rings. The van der Waals surface area contributed by atoms with Crippen molar-refractivity contribution >= 4 is 39.8 Å². The number of ether oxygens (including phenoxy) is 3. The summed E-state index contributed by atoms with van der Waals surface area (Å²) >= 11 is 0. The van der Waals surface area contributed by atoms with Gasteiger partial charge in [-0.15, -0.1) is 0 Å². The molecule has 0 saturated heterocycles. The number of fused-ring (bicyclic) bond motifs is 1. The van der Waals surface area contributed by atoms with Crippen LogP contribution in [0.5, 0.6) is 17.2 Å². The minimum atomic E-state index is -0.503. The molecule has 0 radical (unpaired) electrons. The number of carbonyl (C=O) groups is 3. The lowest BCUT2D eigenvalue weighted by Gasteiger charge is -2.10. The fraction of sp³-hybridized carbons (Fsp3) is 0.200. The summed E-state index contributed by atoms with van der Waals surface area (Å²) in [7, 11) is 4.65. The van der Waals surface area contributed by atoms with Crippen molar-refractivity contribution in [2.75, 3.05) is 33.2 Å². The molecule has 0 aliphatic rings. The van der Waals surface area contributed by atoms with Gasteiger partial charge in [-0.3, -0.25) is 14.4 Å². The maximum Gasteiger partial charge on any atom is 0.261 e. The third kappa shape index (κ3) is 6.63. The highest BCUT2D eigenvalue weighted by Crippen LogP contribution is 2.38. The molecule has 11 nitrogen and oxygen atoms in total. The number of ketones is 1. The van der Waals surface area contributed by atoms with Gasteiger partial charge < -0.3 is 33.8 Å². The molecule has 2 heterocycles. The molecule has 0 aliphatic carbocycles. The van der Waals surface area contributed by atoms with E-state index in [0.717, 1.165) is 11.1 Å². The van der Waals surface area contributed by atoms with Gasteiger partial charge in [0.25, 0.3) is 5.91 Å². The third-order valence-corrected chi connectivity index (χ3v) is 7.45. The summed E-state index contributed by atoms with van der Waals surface area (Å²) in [6.07, 6.45) is 3.43. The van der Waals surface area contributed by atoms with Crippen molar-refractivity contribution < 1.29 is 37.5 Å². The van der Waals surface area contributed by atoms with Crippen LogP contribution in [0.4, 0.5) is 5.69 Å². The Hall–Kier alpha value is -5.84. The Balaban J connectivity index is 1.31. The van der Waals surface area contributed by atoms with Gasteiger partial charge in [-0.2, -0.15) is 0 Å². The minimum Gasteiger partial charge on any atom is -0.493 e. The van der Waals surface area contributed by atoms with Gasteiger partial charge in [0.1, 0.15) is 11.3 Å². The quantitative estimate of drug-likeness (QED) is 0.126. The molecule has 0 unspecified atom stereocenters. The lowest BCUT2D eigenvalue weighted by molar-refractivity contribution is -0.116. The second-order valence-corrected chi connectivity index (χ2v) is 10.4. The Morgan fingerprint density at radius 3 is 2.28 bits per heavy atom. The van der Waals surface area contributed by atoms with E-state index in [1.54, 1.807) is 63.6 Å². The lowest BCUT2D eigenvalue weighted by atomic mass is 10.0. The number of rotatable bonds is 12. The normalized spacial score (nSPS) is 11.3. The van der Waals surface area contributed by atoms with E-state index >= 15 is 0 Å². The molecule has 46 heavy (non-hydrogen) atoms. The van der Waals surface area contributed by atoms with Gasteiger partial charge >= 0.3 is 0 Å². The Bertz CT molecular complexity index is 1940. The number of hydrogen-bond acceptors (Lipinski definition) is 9. The average Bonchev–Trinajstić information content (AvgIpc) is 3.67. The molecular weight excluding hydrogens is 590 g/mol. The number of methoxy groups -OCH3 is 3. The number of nitrogens with zero attached hydrogens (tertiary/aromatic N) is 1. The topological polar surface area (TPSA) is 142 Å². The highest BCUT2D eigenvalue weighted by Gasteiger charge is 2.26. The molecule has 0 spiro atoms. The predicted molar refractivity (Wildman–Crippen MR) is 172 cm³/mol. The Morgan fingerprint density at radius 1 is 0.891 bits per heavy atom. The van der Waals surface area contributed by atoms with Crippen molar-refractivity contribution in [3.8, 4) is 17.2 Å². The van der Waals surface area contributed by atoms with Crippen molar-refractivity contribution in [3.05, 3.63) is 107 Å². The van der Waals surface area contributed by atoms with Crippen LogP contribution in [0.1, 0.15) is 50.3 Å². The molecule has 5 rings (SSSR count). The summed E-state index contributed by atoms with van der Waals surface area (Å²) in [5.41, 5.74) is 3.55. The first-order chi connectivity index (χ1) is 22.2. The molecule has 2 aromatic heterocycles. The fourth-order valence-electron chi connectivity index (χ4n) is 4.95. The van der Waals surface area contributed by atoms with Crippen LogP contribution in [0.25, 0.3) is 16.5 Å². The van der Waals surface area contributed by atoms with Crippen LogP contribution in [0.15, 0.2) is 81.9 Å². The number of allylic oxidation sites excluding steroid dienone is 1. The molecule has 0 saturated carbocycles. The molecule has 11 heteroatoms. The molecule has 0 fully saturated rings. The van der Waals surface area contributed by atoms with Gasteiger partial charge in [0.05, 0.1) is 33.2 Å². The lowest BCUT2D eigenvalue weighted by Crippen LogP contribution is -2.23. The van der Waals surface area contributed by atoms with Crippen molar-refractivity contribution in [1.29, 1.82) is 0 Å². The fourth-order valence-corrected chi connectivity index (χ4v) is 4.95. The number of hydrogen-bond donors (Lipinski definition) is 2. The van der Waals surface area contributed by atoms with Crippen molar-refractivity contribution in [2.24, 2.45) is 0 Å². The number of nitrogens with one attached hydrogen (secondary N) is 2. The van der Waals surface area contributed by atoms with Crippen molar-refractivity contribution in [2.45, 2.75) is 20.3 Å². The molecule has 0 bridgehead atoms.